The van der Waals surface area contributed by atoms with Crippen molar-refractivity contribution in [3.63, 3.8) is 0 Å². The maximum absolute atomic E-state index is 12.6. The topological polar surface area (TPSA) is 73.9 Å². The highest BCUT2D eigenvalue weighted by atomic mass is 16.2. The highest BCUT2D eigenvalue weighted by Crippen LogP contribution is 2.27. The smallest absolute Gasteiger partial charge is 0.272 e. The van der Waals surface area contributed by atoms with Crippen molar-refractivity contribution in [2.24, 2.45) is 0 Å². The minimum Gasteiger partial charge on any atom is -0.348 e. The summed E-state index contributed by atoms with van der Waals surface area (Å²) in [7, 11) is 0. The number of amides is 1. The SMILES string of the molecule is O=C(NC1CCC1)c1n[nH]c2ccc(-c3cncc(CN4CCCC4)c3)cc12. The van der Waals surface area contributed by atoms with Crippen molar-refractivity contribution < 1.29 is 4.79 Å². The van der Waals surface area contributed by atoms with Crippen molar-refractivity contribution >= 4 is 16.8 Å². The summed E-state index contributed by atoms with van der Waals surface area (Å²) in [6, 6.07) is 8.61. The van der Waals surface area contributed by atoms with Gasteiger partial charge in [-0.05, 0) is 74.5 Å². The second-order valence-electron chi connectivity index (χ2n) is 8.00. The van der Waals surface area contributed by atoms with Gasteiger partial charge in [-0.25, -0.2) is 0 Å². The first-order valence-electron chi connectivity index (χ1n) is 10.2. The van der Waals surface area contributed by atoms with E-state index in [9.17, 15) is 4.79 Å². The van der Waals surface area contributed by atoms with E-state index in [1.807, 2.05) is 24.5 Å². The van der Waals surface area contributed by atoms with Crippen molar-refractivity contribution in [2.75, 3.05) is 13.1 Å². The minimum atomic E-state index is -0.0889. The van der Waals surface area contributed by atoms with Crippen LogP contribution in [0, 0.1) is 0 Å². The molecule has 3 heterocycles. The van der Waals surface area contributed by atoms with Crippen LogP contribution in [0.1, 0.15) is 48.2 Å². The number of aromatic nitrogens is 3. The van der Waals surface area contributed by atoms with E-state index in [-0.39, 0.29) is 5.91 Å². The third kappa shape index (κ3) is 3.40. The van der Waals surface area contributed by atoms with Crippen LogP contribution < -0.4 is 5.32 Å². The summed E-state index contributed by atoms with van der Waals surface area (Å²) in [5, 5.41) is 11.2. The molecule has 28 heavy (non-hydrogen) atoms. The Hall–Kier alpha value is -2.73. The van der Waals surface area contributed by atoms with Gasteiger partial charge in [0.05, 0.1) is 5.52 Å². The molecule has 1 aromatic carbocycles. The number of likely N-dealkylation sites (tertiary alicyclic amines) is 1. The molecule has 0 bridgehead atoms. The van der Waals surface area contributed by atoms with Gasteiger partial charge in [-0.15, -0.1) is 0 Å². The van der Waals surface area contributed by atoms with Crippen LogP contribution in [0.15, 0.2) is 36.7 Å². The maximum Gasteiger partial charge on any atom is 0.272 e. The highest BCUT2D eigenvalue weighted by Gasteiger charge is 2.23. The molecule has 0 spiro atoms. The molecule has 6 heteroatoms. The lowest BCUT2D eigenvalue weighted by Crippen LogP contribution is -2.39. The maximum atomic E-state index is 12.6. The van der Waals surface area contributed by atoms with E-state index < -0.39 is 0 Å². The third-order valence-electron chi connectivity index (χ3n) is 5.95. The summed E-state index contributed by atoms with van der Waals surface area (Å²) < 4.78 is 0. The number of hydrogen-bond donors (Lipinski definition) is 2. The highest BCUT2D eigenvalue weighted by molar-refractivity contribution is 6.05. The molecule has 1 saturated carbocycles. The molecule has 1 amide bonds. The summed E-state index contributed by atoms with van der Waals surface area (Å²) in [5.74, 6) is -0.0889. The van der Waals surface area contributed by atoms with Crippen molar-refractivity contribution in [3.05, 3.63) is 47.9 Å². The van der Waals surface area contributed by atoms with Gasteiger partial charge in [0.1, 0.15) is 0 Å². The van der Waals surface area contributed by atoms with E-state index in [0.717, 1.165) is 41.4 Å². The van der Waals surface area contributed by atoms with Gasteiger partial charge in [-0.2, -0.15) is 5.10 Å². The summed E-state index contributed by atoms with van der Waals surface area (Å²) >= 11 is 0. The van der Waals surface area contributed by atoms with Gasteiger partial charge < -0.3 is 5.32 Å². The molecule has 1 saturated heterocycles. The number of rotatable bonds is 5. The first-order chi connectivity index (χ1) is 13.8. The van der Waals surface area contributed by atoms with Gasteiger partial charge in [-0.1, -0.05) is 6.07 Å². The van der Waals surface area contributed by atoms with Crippen LogP contribution in [0.4, 0.5) is 0 Å². The number of hydrogen-bond acceptors (Lipinski definition) is 4. The van der Waals surface area contributed by atoms with Gasteiger partial charge in [0.25, 0.3) is 5.91 Å². The average Bonchev–Trinajstić information content (AvgIpc) is 3.34. The molecule has 5 rings (SSSR count). The molecule has 6 nitrogen and oxygen atoms in total. The Labute approximate surface area is 164 Å². The average molecular weight is 375 g/mol. The zero-order valence-electron chi connectivity index (χ0n) is 15.9. The standard InChI is InChI=1S/C22H25N5O/c28-22(24-18-4-3-5-18)21-19-11-16(6-7-20(19)25-26-21)17-10-15(12-23-13-17)14-27-8-1-2-9-27/h6-7,10-13,18H,1-5,8-9,14H2,(H,24,28)(H,25,26). The van der Waals surface area contributed by atoms with Gasteiger partial charge in [0.2, 0.25) is 0 Å². The summed E-state index contributed by atoms with van der Waals surface area (Å²) in [6.07, 6.45) is 9.74. The molecule has 3 aromatic rings. The van der Waals surface area contributed by atoms with Gasteiger partial charge in [0, 0.05) is 35.9 Å². The number of carbonyl (C=O) groups is 1. The predicted molar refractivity (Wildman–Crippen MR) is 109 cm³/mol. The Bertz CT molecular complexity index is 1000. The number of H-pyrrole nitrogens is 1. The first kappa shape index (κ1) is 17.4. The molecule has 1 aliphatic heterocycles. The lowest BCUT2D eigenvalue weighted by Gasteiger charge is -2.25. The monoisotopic (exact) mass is 375 g/mol. The second kappa shape index (κ2) is 7.36. The Balaban J connectivity index is 1.42. The number of benzene rings is 1. The lowest BCUT2D eigenvalue weighted by atomic mass is 9.93. The summed E-state index contributed by atoms with van der Waals surface area (Å²) in [5.41, 5.74) is 4.72. The van der Waals surface area contributed by atoms with E-state index in [1.165, 1.54) is 37.9 Å². The lowest BCUT2D eigenvalue weighted by molar-refractivity contribution is 0.0913. The molecular formula is C22H25N5O. The van der Waals surface area contributed by atoms with Crippen LogP contribution in [0.5, 0.6) is 0 Å². The Morgan fingerprint density at radius 1 is 1.11 bits per heavy atom. The van der Waals surface area contributed by atoms with E-state index in [2.05, 4.69) is 37.5 Å². The fourth-order valence-electron chi connectivity index (χ4n) is 4.10. The molecule has 2 aromatic heterocycles. The van der Waals surface area contributed by atoms with Crippen LogP contribution in [-0.2, 0) is 6.54 Å². The van der Waals surface area contributed by atoms with Gasteiger partial charge in [-0.3, -0.25) is 19.8 Å². The summed E-state index contributed by atoms with van der Waals surface area (Å²) in [6.45, 7) is 3.29. The summed E-state index contributed by atoms with van der Waals surface area (Å²) in [4.78, 5) is 19.5. The third-order valence-corrected chi connectivity index (χ3v) is 5.95. The van der Waals surface area contributed by atoms with Crippen molar-refractivity contribution in [2.45, 2.75) is 44.7 Å². The molecule has 2 aliphatic rings. The van der Waals surface area contributed by atoms with Crippen molar-refractivity contribution in [3.8, 4) is 11.1 Å². The molecule has 0 atom stereocenters. The normalized spacial score (nSPS) is 17.7. The molecule has 2 N–H and O–H groups in total. The largest absolute Gasteiger partial charge is 0.348 e. The fourth-order valence-corrected chi connectivity index (χ4v) is 4.10. The van der Waals surface area contributed by atoms with Crippen molar-refractivity contribution in [1.29, 1.82) is 0 Å². The predicted octanol–water partition coefficient (Wildman–Crippen LogP) is 3.50. The van der Waals surface area contributed by atoms with Crippen molar-refractivity contribution in [1.82, 2.24) is 25.4 Å². The number of nitrogens with zero attached hydrogens (tertiary/aromatic N) is 3. The van der Waals surface area contributed by atoms with Crippen LogP contribution in [0.3, 0.4) is 0 Å². The van der Waals surface area contributed by atoms with Gasteiger partial charge in [0.15, 0.2) is 5.69 Å². The van der Waals surface area contributed by atoms with Crippen LogP contribution in [0.2, 0.25) is 0 Å². The fraction of sp³-hybridized carbons (Fsp3) is 0.409. The quantitative estimate of drug-likeness (QED) is 0.716. The molecule has 0 unspecified atom stereocenters. The van der Waals surface area contributed by atoms with E-state index in [1.54, 1.807) is 0 Å². The molecule has 1 aliphatic carbocycles. The number of aromatic amines is 1. The van der Waals surface area contributed by atoms with Crippen LogP contribution >= 0.6 is 0 Å². The van der Waals surface area contributed by atoms with Crippen LogP contribution in [-0.4, -0.2) is 45.1 Å². The molecule has 2 fully saturated rings. The first-order valence-corrected chi connectivity index (χ1v) is 10.2. The van der Waals surface area contributed by atoms with Crippen LogP contribution in [0.25, 0.3) is 22.0 Å². The van der Waals surface area contributed by atoms with Gasteiger partial charge >= 0.3 is 0 Å². The molecular weight excluding hydrogens is 350 g/mol. The number of fused-ring (bicyclic) bond motifs is 1. The number of carbonyl (C=O) groups excluding carboxylic acids is 1. The zero-order valence-corrected chi connectivity index (χ0v) is 15.9. The number of pyridine rings is 1. The molecule has 144 valence electrons. The second-order valence-corrected chi connectivity index (χ2v) is 8.00. The van der Waals surface area contributed by atoms with E-state index >= 15 is 0 Å². The Kier molecular flexibility index (Phi) is 4.56. The van der Waals surface area contributed by atoms with E-state index in [4.69, 9.17) is 0 Å². The van der Waals surface area contributed by atoms with E-state index in [0.29, 0.717) is 11.7 Å². The Morgan fingerprint density at radius 2 is 1.96 bits per heavy atom. The minimum absolute atomic E-state index is 0.0889. The Morgan fingerprint density at radius 3 is 2.75 bits per heavy atom. The zero-order chi connectivity index (χ0) is 18.9. The molecule has 0 radical (unpaired) electrons. The number of nitrogens with one attached hydrogen (secondary N) is 2.